The number of hydrogen-bond acceptors (Lipinski definition) is 3. The Hall–Kier alpha value is -1.46. The molecule has 0 aliphatic carbocycles. The minimum atomic E-state index is -0.353. The molecule has 98 valence electrons. The average Bonchev–Trinajstić information content (AvgIpc) is 2.78. The van der Waals surface area contributed by atoms with Crippen LogP contribution < -0.4 is 11.1 Å². The molecule has 1 aliphatic heterocycles. The number of carbonyl (C=O) groups is 1. The molecule has 2 atom stereocenters. The van der Waals surface area contributed by atoms with Gasteiger partial charge in [-0.25, -0.2) is 4.39 Å². The van der Waals surface area contributed by atoms with Crippen molar-refractivity contribution in [2.75, 3.05) is 11.9 Å². The maximum atomic E-state index is 13.2. The van der Waals surface area contributed by atoms with Crippen molar-refractivity contribution >= 4 is 11.6 Å². The Bertz CT molecular complexity index is 451. The van der Waals surface area contributed by atoms with Crippen LogP contribution >= 0.6 is 0 Å². The Morgan fingerprint density at radius 1 is 1.61 bits per heavy atom. The molecule has 0 spiro atoms. The molecule has 3 N–H and O–H groups in total. The van der Waals surface area contributed by atoms with Crippen LogP contribution in [0.4, 0.5) is 10.1 Å². The number of hydrogen-bond donors (Lipinski definition) is 2. The number of nitrogens with one attached hydrogen (secondary N) is 1. The summed E-state index contributed by atoms with van der Waals surface area (Å²) >= 11 is 0. The van der Waals surface area contributed by atoms with E-state index in [2.05, 4.69) is 5.32 Å². The fourth-order valence-electron chi connectivity index (χ4n) is 2.05. The Balaban J connectivity index is 2.03. The van der Waals surface area contributed by atoms with Crippen LogP contribution in [0.1, 0.15) is 18.9 Å². The molecular weight excluding hydrogens is 235 g/mol. The molecule has 1 amide bonds. The first-order chi connectivity index (χ1) is 8.60. The quantitative estimate of drug-likeness (QED) is 0.859. The molecule has 1 aromatic rings. The van der Waals surface area contributed by atoms with Gasteiger partial charge in [0, 0.05) is 17.8 Å². The summed E-state index contributed by atoms with van der Waals surface area (Å²) in [6, 6.07) is 4.41. The van der Waals surface area contributed by atoms with Gasteiger partial charge in [-0.2, -0.15) is 0 Å². The van der Waals surface area contributed by atoms with Crippen molar-refractivity contribution < 1.29 is 13.9 Å². The van der Waals surface area contributed by atoms with Crippen LogP contribution in [0.5, 0.6) is 0 Å². The van der Waals surface area contributed by atoms with E-state index >= 15 is 0 Å². The molecule has 2 rings (SSSR count). The maximum absolute atomic E-state index is 13.2. The Kier molecular flexibility index (Phi) is 3.93. The first-order valence-electron chi connectivity index (χ1n) is 6.01. The molecule has 1 fully saturated rings. The SMILES string of the molecule is CC1CC(C(=O)Nc2ccc(F)c(CN)c2)CO1. The fourth-order valence-corrected chi connectivity index (χ4v) is 2.05. The minimum absolute atomic E-state index is 0.0890. The van der Waals surface area contributed by atoms with Crippen LogP contribution in [0.3, 0.4) is 0 Å². The number of benzene rings is 1. The van der Waals surface area contributed by atoms with Gasteiger partial charge in [0.05, 0.1) is 18.6 Å². The number of rotatable bonds is 3. The summed E-state index contributed by atoms with van der Waals surface area (Å²) in [4.78, 5) is 11.9. The summed E-state index contributed by atoms with van der Waals surface area (Å²) < 4.78 is 18.6. The Morgan fingerprint density at radius 3 is 3.00 bits per heavy atom. The molecule has 0 saturated carbocycles. The van der Waals surface area contributed by atoms with Gasteiger partial charge in [-0.3, -0.25) is 4.79 Å². The van der Waals surface area contributed by atoms with Crippen LogP contribution in [0.2, 0.25) is 0 Å². The fraction of sp³-hybridized carbons (Fsp3) is 0.462. The third kappa shape index (κ3) is 2.86. The van der Waals surface area contributed by atoms with E-state index < -0.39 is 0 Å². The lowest BCUT2D eigenvalue weighted by Crippen LogP contribution is -2.23. The third-order valence-corrected chi connectivity index (χ3v) is 3.10. The van der Waals surface area contributed by atoms with Crippen LogP contribution in [0.25, 0.3) is 0 Å². The number of nitrogens with two attached hydrogens (primary N) is 1. The van der Waals surface area contributed by atoms with Gasteiger partial charge in [0.1, 0.15) is 5.82 Å². The van der Waals surface area contributed by atoms with Crippen molar-refractivity contribution in [3.05, 3.63) is 29.6 Å². The van der Waals surface area contributed by atoms with E-state index in [1.165, 1.54) is 12.1 Å². The average molecular weight is 252 g/mol. The summed E-state index contributed by atoms with van der Waals surface area (Å²) in [5.74, 6) is -0.575. The van der Waals surface area contributed by atoms with E-state index in [4.69, 9.17) is 10.5 Å². The summed E-state index contributed by atoms with van der Waals surface area (Å²) in [5, 5.41) is 2.77. The topological polar surface area (TPSA) is 64.4 Å². The predicted octanol–water partition coefficient (Wildman–Crippen LogP) is 1.65. The number of anilines is 1. The Morgan fingerprint density at radius 2 is 2.39 bits per heavy atom. The smallest absolute Gasteiger partial charge is 0.229 e. The monoisotopic (exact) mass is 252 g/mol. The molecule has 1 heterocycles. The van der Waals surface area contributed by atoms with E-state index in [0.717, 1.165) is 6.42 Å². The van der Waals surface area contributed by atoms with Crippen LogP contribution in [0, 0.1) is 11.7 Å². The summed E-state index contributed by atoms with van der Waals surface area (Å²) in [7, 11) is 0. The molecule has 2 unspecified atom stereocenters. The van der Waals surface area contributed by atoms with Crippen LogP contribution in [-0.4, -0.2) is 18.6 Å². The zero-order chi connectivity index (χ0) is 13.1. The summed E-state index contributed by atoms with van der Waals surface area (Å²) in [6.07, 6.45) is 0.838. The van der Waals surface area contributed by atoms with Crippen LogP contribution in [0.15, 0.2) is 18.2 Å². The largest absolute Gasteiger partial charge is 0.378 e. The van der Waals surface area contributed by atoms with Gasteiger partial charge in [0.25, 0.3) is 0 Å². The molecule has 0 radical (unpaired) electrons. The minimum Gasteiger partial charge on any atom is -0.378 e. The molecule has 4 nitrogen and oxygen atoms in total. The number of amides is 1. The molecule has 18 heavy (non-hydrogen) atoms. The van der Waals surface area contributed by atoms with Gasteiger partial charge in [-0.15, -0.1) is 0 Å². The van der Waals surface area contributed by atoms with E-state index in [9.17, 15) is 9.18 Å². The zero-order valence-electron chi connectivity index (χ0n) is 10.3. The lowest BCUT2D eigenvalue weighted by atomic mass is 10.1. The normalized spacial score (nSPS) is 23.1. The lowest BCUT2D eigenvalue weighted by molar-refractivity contribution is -0.119. The summed E-state index contributed by atoms with van der Waals surface area (Å²) in [5.41, 5.74) is 6.38. The maximum Gasteiger partial charge on any atom is 0.229 e. The highest BCUT2D eigenvalue weighted by Crippen LogP contribution is 2.21. The van der Waals surface area contributed by atoms with Crippen molar-refractivity contribution in [1.82, 2.24) is 0 Å². The molecule has 0 bridgehead atoms. The second kappa shape index (κ2) is 5.46. The third-order valence-electron chi connectivity index (χ3n) is 3.10. The van der Waals surface area contributed by atoms with Gasteiger partial charge >= 0.3 is 0 Å². The Labute approximate surface area is 105 Å². The number of halogens is 1. The zero-order valence-corrected chi connectivity index (χ0v) is 10.3. The van der Waals surface area contributed by atoms with Crippen molar-refractivity contribution in [2.45, 2.75) is 26.0 Å². The predicted molar refractivity (Wildman–Crippen MR) is 66.4 cm³/mol. The second-order valence-electron chi connectivity index (χ2n) is 4.58. The van der Waals surface area contributed by atoms with Crippen molar-refractivity contribution in [3.63, 3.8) is 0 Å². The second-order valence-corrected chi connectivity index (χ2v) is 4.58. The van der Waals surface area contributed by atoms with Crippen molar-refractivity contribution in [2.24, 2.45) is 11.7 Å². The highest BCUT2D eigenvalue weighted by atomic mass is 19.1. The molecule has 1 aromatic carbocycles. The standard InChI is InChI=1S/C13H17FN2O2/c1-8-4-10(7-18-8)13(17)16-11-2-3-12(14)9(5-11)6-15/h2-3,5,8,10H,4,6-7,15H2,1H3,(H,16,17). The molecule has 5 heteroatoms. The molecule has 1 aliphatic rings. The van der Waals surface area contributed by atoms with Gasteiger partial charge in [-0.1, -0.05) is 0 Å². The first kappa shape index (κ1) is 13.0. The lowest BCUT2D eigenvalue weighted by Gasteiger charge is -2.10. The van der Waals surface area contributed by atoms with Gasteiger partial charge in [0.2, 0.25) is 5.91 Å². The van der Waals surface area contributed by atoms with E-state index in [1.54, 1.807) is 6.07 Å². The molecular formula is C13H17FN2O2. The van der Waals surface area contributed by atoms with Crippen molar-refractivity contribution in [1.29, 1.82) is 0 Å². The molecule has 1 saturated heterocycles. The highest BCUT2D eigenvalue weighted by Gasteiger charge is 2.28. The van der Waals surface area contributed by atoms with Crippen LogP contribution in [-0.2, 0) is 16.1 Å². The van der Waals surface area contributed by atoms with E-state index in [0.29, 0.717) is 17.9 Å². The highest BCUT2D eigenvalue weighted by molar-refractivity contribution is 5.92. The number of carbonyl (C=O) groups excluding carboxylic acids is 1. The summed E-state index contributed by atoms with van der Waals surface area (Å²) in [6.45, 7) is 2.49. The van der Waals surface area contributed by atoms with E-state index in [1.807, 2.05) is 6.92 Å². The van der Waals surface area contributed by atoms with Crippen molar-refractivity contribution in [3.8, 4) is 0 Å². The molecule has 0 aromatic heterocycles. The van der Waals surface area contributed by atoms with E-state index in [-0.39, 0.29) is 30.3 Å². The van der Waals surface area contributed by atoms with Gasteiger partial charge in [-0.05, 0) is 31.5 Å². The van der Waals surface area contributed by atoms with Gasteiger partial charge in [0.15, 0.2) is 0 Å². The number of ether oxygens (including phenoxy) is 1. The van der Waals surface area contributed by atoms with Gasteiger partial charge < -0.3 is 15.8 Å². The first-order valence-corrected chi connectivity index (χ1v) is 6.01.